The highest BCUT2D eigenvalue weighted by molar-refractivity contribution is 7.90. The molecule has 0 spiro atoms. The predicted octanol–water partition coefficient (Wildman–Crippen LogP) is 1.79. The van der Waals surface area contributed by atoms with Crippen LogP contribution in [0.3, 0.4) is 0 Å². The molecule has 100 valence electrons. The van der Waals surface area contributed by atoms with Crippen molar-refractivity contribution < 1.29 is 17.9 Å². The fourth-order valence-electron chi connectivity index (χ4n) is 2.13. The minimum Gasteiger partial charge on any atom is -0.497 e. The molecule has 1 atom stereocenters. The van der Waals surface area contributed by atoms with Gasteiger partial charge in [-0.15, -0.1) is 0 Å². The van der Waals surface area contributed by atoms with Gasteiger partial charge < -0.3 is 9.47 Å². The van der Waals surface area contributed by atoms with E-state index in [-0.39, 0.29) is 17.6 Å². The Bertz CT molecular complexity index is 489. The lowest BCUT2D eigenvalue weighted by Gasteiger charge is -2.10. The van der Waals surface area contributed by atoms with E-state index in [0.717, 1.165) is 18.4 Å². The van der Waals surface area contributed by atoms with E-state index in [2.05, 4.69) is 0 Å². The molecule has 1 aromatic rings. The van der Waals surface area contributed by atoms with Gasteiger partial charge in [0.2, 0.25) is 0 Å². The average Bonchev–Trinajstić information content (AvgIpc) is 2.80. The molecule has 2 rings (SSSR count). The standard InChI is InChI=1S/C13H18O4S/c1-16-12-5-2-4-11(8-12)9-18(14,15)10-13-6-3-7-17-13/h2,4-5,8,13H,3,6-7,9-10H2,1H3. The molecule has 1 saturated heterocycles. The summed E-state index contributed by atoms with van der Waals surface area (Å²) in [6, 6.07) is 7.16. The topological polar surface area (TPSA) is 52.6 Å². The van der Waals surface area contributed by atoms with Crippen molar-refractivity contribution in [2.45, 2.75) is 24.7 Å². The second-order valence-electron chi connectivity index (χ2n) is 4.54. The molecule has 18 heavy (non-hydrogen) atoms. The molecule has 5 heteroatoms. The van der Waals surface area contributed by atoms with E-state index in [1.807, 2.05) is 0 Å². The zero-order valence-electron chi connectivity index (χ0n) is 10.5. The van der Waals surface area contributed by atoms with E-state index in [9.17, 15) is 8.42 Å². The summed E-state index contributed by atoms with van der Waals surface area (Å²) in [7, 11) is -1.55. The van der Waals surface area contributed by atoms with Crippen LogP contribution in [0.2, 0.25) is 0 Å². The molecule has 0 saturated carbocycles. The summed E-state index contributed by atoms with van der Waals surface area (Å²) in [4.78, 5) is 0. The molecule has 1 aliphatic heterocycles. The van der Waals surface area contributed by atoms with Crippen molar-refractivity contribution in [3.8, 4) is 5.75 Å². The quantitative estimate of drug-likeness (QED) is 0.818. The lowest BCUT2D eigenvalue weighted by atomic mass is 10.2. The minimum atomic E-state index is -3.12. The van der Waals surface area contributed by atoms with Crippen LogP contribution < -0.4 is 4.74 Å². The monoisotopic (exact) mass is 270 g/mol. The van der Waals surface area contributed by atoms with E-state index in [4.69, 9.17) is 9.47 Å². The van der Waals surface area contributed by atoms with Crippen LogP contribution >= 0.6 is 0 Å². The zero-order valence-corrected chi connectivity index (χ0v) is 11.3. The Labute approximate surface area is 108 Å². The number of ether oxygens (including phenoxy) is 2. The van der Waals surface area contributed by atoms with Crippen LogP contribution in [-0.4, -0.2) is 34.0 Å². The first kappa shape index (κ1) is 13.4. The van der Waals surface area contributed by atoms with Gasteiger partial charge in [0, 0.05) is 6.61 Å². The minimum absolute atomic E-state index is 0.0457. The molecule has 4 nitrogen and oxygen atoms in total. The number of benzene rings is 1. The van der Waals surface area contributed by atoms with Gasteiger partial charge in [0.15, 0.2) is 9.84 Å². The van der Waals surface area contributed by atoms with Crippen molar-refractivity contribution in [3.63, 3.8) is 0 Å². The van der Waals surface area contributed by atoms with Gasteiger partial charge in [0.05, 0.1) is 24.7 Å². The molecular formula is C13H18O4S. The van der Waals surface area contributed by atoms with Crippen molar-refractivity contribution in [1.82, 2.24) is 0 Å². The van der Waals surface area contributed by atoms with Crippen LogP contribution in [0, 0.1) is 0 Å². The van der Waals surface area contributed by atoms with Crippen molar-refractivity contribution in [2.24, 2.45) is 0 Å². The Morgan fingerprint density at radius 3 is 2.94 bits per heavy atom. The molecule has 0 bridgehead atoms. The summed E-state index contributed by atoms with van der Waals surface area (Å²) >= 11 is 0. The van der Waals surface area contributed by atoms with Gasteiger partial charge in [-0.05, 0) is 30.5 Å². The van der Waals surface area contributed by atoms with Crippen LogP contribution in [0.1, 0.15) is 18.4 Å². The van der Waals surface area contributed by atoms with Crippen LogP contribution in [0.5, 0.6) is 5.75 Å². The lowest BCUT2D eigenvalue weighted by Crippen LogP contribution is -2.21. The maximum absolute atomic E-state index is 12.0. The highest BCUT2D eigenvalue weighted by Crippen LogP contribution is 2.18. The van der Waals surface area contributed by atoms with Crippen molar-refractivity contribution >= 4 is 9.84 Å². The summed E-state index contributed by atoms with van der Waals surface area (Å²) in [5.41, 5.74) is 0.757. The number of methoxy groups -OCH3 is 1. The van der Waals surface area contributed by atoms with E-state index in [0.29, 0.717) is 12.4 Å². The SMILES string of the molecule is COc1cccc(CS(=O)(=O)CC2CCCO2)c1. The molecule has 1 heterocycles. The second-order valence-corrected chi connectivity index (χ2v) is 6.65. The van der Waals surface area contributed by atoms with Gasteiger partial charge in [-0.1, -0.05) is 12.1 Å². The molecule has 1 unspecified atom stereocenters. The summed E-state index contributed by atoms with van der Waals surface area (Å²) in [6.45, 7) is 0.680. The van der Waals surface area contributed by atoms with Gasteiger partial charge in [-0.3, -0.25) is 0 Å². The summed E-state index contributed by atoms with van der Waals surface area (Å²) in [6.07, 6.45) is 1.68. The highest BCUT2D eigenvalue weighted by Gasteiger charge is 2.23. The van der Waals surface area contributed by atoms with E-state index in [1.165, 1.54) is 0 Å². The van der Waals surface area contributed by atoms with E-state index < -0.39 is 9.84 Å². The Morgan fingerprint density at radius 2 is 2.28 bits per heavy atom. The Morgan fingerprint density at radius 1 is 1.44 bits per heavy atom. The first-order valence-electron chi connectivity index (χ1n) is 6.04. The van der Waals surface area contributed by atoms with Crippen molar-refractivity contribution in [1.29, 1.82) is 0 Å². The second kappa shape index (κ2) is 5.71. The van der Waals surface area contributed by atoms with Gasteiger partial charge in [-0.2, -0.15) is 0 Å². The first-order valence-corrected chi connectivity index (χ1v) is 7.86. The van der Waals surface area contributed by atoms with Gasteiger partial charge >= 0.3 is 0 Å². The van der Waals surface area contributed by atoms with Gasteiger partial charge in [0.25, 0.3) is 0 Å². The van der Waals surface area contributed by atoms with Gasteiger partial charge in [0.1, 0.15) is 5.75 Å². The summed E-state index contributed by atoms with van der Waals surface area (Å²) < 4.78 is 34.5. The number of hydrogen-bond donors (Lipinski definition) is 0. The molecule has 1 aliphatic rings. The Kier molecular flexibility index (Phi) is 4.24. The maximum atomic E-state index is 12.0. The summed E-state index contributed by atoms with van der Waals surface area (Å²) in [5.74, 6) is 0.841. The largest absolute Gasteiger partial charge is 0.497 e. The van der Waals surface area contributed by atoms with Gasteiger partial charge in [-0.25, -0.2) is 8.42 Å². The van der Waals surface area contributed by atoms with Crippen LogP contribution in [-0.2, 0) is 20.3 Å². The molecule has 1 fully saturated rings. The smallest absolute Gasteiger partial charge is 0.156 e. The molecule has 1 aromatic carbocycles. The van der Waals surface area contributed by atoms with Crippen molar-refractivity contribution in [3.05, 3.63) is 29.8 Å². The lowest BCUT2D eigenvalue weighted by molar-refractivity contribution is 0.127. The average molecular weight is 270 g/mol. The molecule has 0 aliphatic carbocycles. The van der Waals surface area contributed by atoms with Crippen LogP contribution in [0.25, 0.3) is 0 Å². The third-order valence-corrected chi connectivity index (χ3v) is 4.64. The Hall–Kier alpha value is -1.07. The summed E-state index contributed by atoms with van der Waals surface area (Å²) in [5, 5.41) is 0. The molecule has 0 N–H and O–H groups in total. The number of sulfone groups is 1. The molecular weight excluding hydrogens is 252 g/mol. The normalized spacial score (nSPS) is 19.9. The fraction of sp³-hybridized carbons (Fsp3) is 0.538. The third kappa shape index (κ3) is 3.71. The molecule has 0 amide bonds. The molecule has 0 aromatic heterocycles. The van der Waals surface area contributed by atoms with E-state index >= 15 is 0 Å². The predicted molar refractivity (Wildman–Crippen MR) is 69.5 cm³/mol. The Balaban J connectivity index is 2.02. The maximum Gasteiger partial charge on any atom is 0.156 e. The first-order chi connectivity index (χ1) is 8.59. The molecule has 0 radical (unpaired) electrons. The third-order valence-electron chi connectivity index (χ3n) is 2.98. The number of rotatable bonds is 5. The van der Waals surface area contributed by atoms with E-state index in [1.54, 1.807) is 31.4 Å². The number of hydrogen-bond acceptors (Lipinski definition) is 4. The fourth-order valence-corrected chi connectivity index (χ4v) is 3.77. The van der Waals surface area contributed by atoms with Crippen LogP contribution in [0.15, 0.2) is 24.3 Å². The highest BCUT2D eigenvalue weighted by atomic mass is 32.2. The van der Waals surface area contributed by atoms with Crippen LogP contribution in [0.4, 0.5) is 0 Å². The zero-order chi connectivity index (χ0) is 13.0. The van der Waals surface area contributed by atoms with Crippen molar-refractivity contribution in [2.75, 3.05) is 19.5 Å².